The van der Waals surface area contributed by atoms with E-state index in [0.29, 0.717) is 15.1 Å². The van der Waals surface area contributed by atoms with Crippen LogP contribution in [0.3, 0.4) is 0 Å². The fourth-order valence-corrected chi connectivity index (χ4v) is 3.09. The zero-order chi connectivity index (χ0) is 10.3. The zero-order valence-corrected chi connectivity index (χ0v) is 9.27. The standard InChI is InChI=1S/C9H5ClF2S2/c10-5-3-6(13)7(9(11)12)8-4(5)1-2-14-8/h1-3,9,13H. The maximum Gasteiger partial charge on any atom is 0.266 e. The van der Waals surface area contributed by atoms with Gasteiger partial charge in [-0.15, -0.1) is 24.0 Å². The van der Waals surface area contributed by atoms with E-state index in [0.717, 1.165) is 0 Å². The molecule has 0 aliphatic carbocycles. The van der Waals surface area contributed by atoms with E-state index >= 15 is 0 Å². The Labute approximate surface area is 93.9 Å². The maximum absolute atomic E-state index is 12.7. The van der Waals surface area contributed by atoms with Crippen LogP contribution in [-0.4, -0.2) is 0 Å². The van der Waals surface area contributed by atoms with Gasteiger partial charge in [-0.1, -0.05) is 11.6 Å². The first kappa shape index (κ1) is 10.2. The van der Waals surface area contributed by atoms with Crippen LogP contribution in [0.15, 0.2) is 22.4 Å². The van der Waals surface area contributed by atoms with Gasteiger partial charge in [-0.25, -0.2) is 8.78 Å². The van der Waals surface area contributed by atoms with E-state index in [9.17, 15) is 8.78 Å². The van der Waals surface area contributed by atoms with Crippen molar-refractivity contribution in [1.29, 1.82) is 0 Å². The highest BCUT2D eigenvalue weighted by atomic mass is 35.5. The van der Waals surface area contributed by atoms with Gasteiger partial charge in [0, 0.05) is 20.5 Å². The number of alkyl halides is 2. The summed E-state index contributed by atoms with van der Waals surface area (Å²) in [7, 11) is 0. The second-order valence-electron chi connectivity index (χ2n) is 2.76. The smallest absolute Gasteiger partial charge is 0.205 e. The summed E-state index contributed by atoms with van der Waals surface area (Å²) >= 11 is 11.2. The molecule has 0 spiro atoms. The molecule has 1 aromatic heterocycles. The molecule has 74 valence electrons. The molecule has 0 unspecified atom stereocenters. The van der Waals surface area contributed by atoms with Gasteiger partial charge in [-0.2, -0.15) is 0 Å². The summed E-state index contributed by atoms with van der Waals surface area (Å²) in [6.45, 7) is 0. The molecule has 0 N–H and O–H groups in total. The molecule has 0 saturated carbocycles. The van der Waals surface area contributed by atoms with Crippen molar-refractivity contribution in [2.45, 2.75) is 11.3 Å². The molecule has 0 radical (unpaired) electrons. The second kappa shape index (κ2) is 3.68. The molecule has 1 aromatic carbocycles. The molecule has 0 aliphatic rings. The summed E-state index contributed by atoms with van der Waals surface area (Å²) in [6, 6.07) is 3.20. The largest absolute Gasteiger partial charge is 0.266 e. The molecular formula is C9H5ClF2S2. The summed E-state index contributed by atoms with van der Waals surface area (Å²) in [5.41, 5.74) is -0.0252. The number of thiol groups is 1. The van der Waals surface area contributed by atoms with E-state index in [1.165, 1.54) is 17.4 Å². The molecule has 1 heterocycles. The molecule has 5 heteroatoms. The lowest BCUT2D eigenvalue weighted by molar-refractivity contribution is 0.150. The van der Waals surface area contributed by atoms with Crippen molar-refractivity contribution in [3.63, 3.8) is 0 Å². The van der Waals surface area contributed by atoms with E-state index in [1.807, 2.05) is 0 Å². The third kappa shape index (κ3) is 1.51. The quantitative estimate of drug-likeness (QED) is 0.692. The Morgan fingerprint density at radius 2 is 2.14 bits per heavy atom. The van der Waals surface area contributed by atoms with Gasteiger partial charge in [0.05, 0.1) is 5.02 Å². The molecule has 2 aromatic rings. The van der Waals surface area contributed by atoms with Crippen molar-refractivity contribution < 1.29 is 8.78 Å². The van der Waals surface area contributed by atoms with Crippen LogP contribution >= 0.6 is 35.6 Å². The van der Waals surface area contributed by atoms with Gasteiger partial charge in [-0.3, -0.25) is 0 Å². The van der Waals surface area contributed by atoms with Crippen LogP contribution in [-0.2, 0) is 0 Å². The lowest BCUT2D eigenvalue weighted by atomic mass is 10.2. The third-order valence-electron chi connectivity index (χ3n) is 1.92. The van der Waals surface area contributed by atoms with Crippen molar-refractivity contribution in [3.8, 4) is 0 Å². The van der Waals surface area contributed by atoms with Gasteiger partial charge in [-0.05, 0) is 17.5 Å². The molecule has 0 fully saturated rings. The number of benzene rings is 1. The summed E-state index contributed by atoms with van der Waals surface area (Å²) in [5, 5.41) is 2.88. The summed E-state index contributed by atoms with van der Waals surface area (Å²) < 4.78 is 25.9. The van der Waals surface area contributed by atoms with Crippen LogP contribution in [0.25, 0.3) is 10.1 Å². The first-order valence-corrected chi connectivity index (χ1v) is 5.48. The minimum Gasteiger partial charge on any atom is -0.205 e. The van der Waals surface area contributed by atoms with Crippen LogP contribution in [0.5, 0.6) is 0 Å². The van der Waals surface area contributed by atoms with E-state index in [2.05, 4.69) is 12.6 Å². The Morgan fingerprint density at radius 3 is 2.79 bits per heavy atom. The number of hydrogen-bond acceptors (Lipinski definition) is 2. The van der Waals surface area contributed by atoms with Gasteiger partial charge in [0.1, 0.15) is 0 Å². The number of hydrogen-bond donors (Lipinski definition) is 1. The molecule has 0 amide bonds. The number of rotatable bonds is 1. The highest BCUT2D eigenvalue weighted by Gasteiger charge is 2.17. The topological polar surface area (TPSA) is 0 Å². The molecule has 0 nitrogen and oxygen atoms in total. The van der Waals surface area contributed by atoms with Gasteiger partial charge < -0.3 is 0 Å². The van der Waals surface area contributed by atoms with Gasteiger partial charge >= 0.3 is 0 Å². The first-order chi connectivity index (χ1) is 6.61. The van der Waals surface area contributed by atoms with E-state index in [-0.39, 0.29) is 10.5 Å². The van der Waals surface area contributed by atoms with Crippen molar-refractivity contribution >= 4 is 45.7 Å². The van der Waals surface area contributed by atoms with Crippen molar-refractivity contribution in [3.05, 3.63) is 28.1 Å². The lowest BCUT2D eigenvalue weighted by Gasteiger charge is -2.06. The predicted molar refractivity (Wildman–Crippen MR) is 59.0 cm³/mol. The molecule has 0 atom stereocenters. The van der Waals surface area contributed by atoms with Crippen LogP contribution < -0.4 is 0 Å². The SMILES string of the molecule is FC(F)c1c(S)cc(Cl)c2ccsc12. The average molecular weight is 251 g/mol. The van der Waals surface area contributed by atoms with Crippen LogP contribution in [0.4, 0.5) is 8.78 Å². The predicted octanol–water partition coefficient (Wildman–Crippen LogP) is 4.78. The highest BCUT2D eigenvalue weighted by molar-refractivity contribution is 7.80. The number of thiophene rings is 1. The highest BCUT2D eigenvalue weighted by Crippen LogP contribution is 2.39. The molecule has 0 bridgehead atoms. The molecule has 0 aliphatic heterocycles. The Morgan fingerprint density at radius 1 is 1.43 bits per heavy atom. The van der Waals surface area contributed by atoms with Crippen molar-refractivity contribution in [2.24, 2.45) is 0 Å². The molecule has 0 saturated heterocycles. The Bertz CT molecular complexity index is 479. The molecular weight excluding hydrogens is 246 g/mol. The van der Waals surface area contributed by atoms with Crippen molar-refractivity contribution in [1.82, 2.24) is 0 Å². The van der Waals surface area contributed by atoms with E-state index in [1.54, 1.807) is 11.4 Å². The van der Waals surface area contributed by atoms with Gasteiger partial charge in [0.15, 0.2) is 0 Å². The number of halogens is 3. The van der Waals surface area contributed by atoms with E-state index in [4.69, 9.17) is 11.6 Å². The molecule has 14 heavy (non-hydrogen) atoms. The monoisotopic (exact) mass is 250 g/mol. The summed E-state index contributed by atoms with van der Waals surface area (Å²) in [5.74, 6) is 0. The van der Waals surface area contributed by atoms with Crippen LogP contribution in [0.2, 0.25) is 5.02 Å². The maximum atomic E-state index is 12.7. The zero-order valence-electron chi connectivity index (χ0n) is 6.80. The van der Waals surface area contributed by atoms with Gasteiger partial charge in [0.25, 0.3) is 6.43 Å². The average Bonchev–Trinajstić information content (AvgIpc) is 2.51. The number of fused-ring (bicyclic) bond motifs is 1. The Kier molecular flexibility index (Phi) is 2.68. The fraction of sp³-hybridized carbons (Fsp3) is 0.111. The van der Waals surface area contributed by atoms with Gasteiger partial charge in [0.2, 0.25) is 0 Å². The Balaban J connectivity index is 2.86. The van der Waals surface area contributed by atoms with Crippen LogP contribution in [0, 0.1) is 0 Å². The van der Waals surface area contributed by atoms with Crippen LogP contribution in [0.1, 0.15) is 12.0 Å². The minimum absolute atomic E-state index is 0.0252. The fourth-order valence-electron chi connectivity index (χ4n) is 1.31. The normalized spacial score (nSPS) is 11.5. The first-order valence-electron chi connectivity index (χ1n) is 3.78. The molecule has 2 rings (SSSR count). The van der Waals surface area contributed by atoms with E-state index < -0.39 is 6.43 Å². The minimum atomic E-state index is -2.51. The lowest BCUT2D eigenvalue weighted by Crippen LogP contribution is -1.87. The summed E-state index contributed by atoms with van der Waals surface area (Å²) in [6.07, 6.45) is -2.51. The Hall–Kier alpha value is -0.320. The summed E-state index contributed by atoms with van der Waals surface area (Å²) in [4.78, 5) is 0.250. The second-order valence-corrected chi connectivity index (χ2v) is 4.56. The third-order valence-corrected chi connectivity index (χ3v) is 3.56. The van der Waals surface area contributed by atoms with Crippen molar-refractivity contribution in [2.75, 3.05) is 0 Å².